The Morgan fingerprint density at radius 2 is 1.79 bits per heavy atom. The molecule has 7 heteroatoms. The van der Waals surface area contributed by atoms with E-state index >= 15 is 0 Å². The first-order chi connectivity index (χ1) is 13.4. The first-order valence-corrected chi connectivity index (χ1v) is 11.3. The molecule has 0 aromatic carbocycles. The highest BCUT2D eigenvalue weighted by Crippen LogP contribution is 2.34. The maximum absolute atomic E-state index is 12.2. The smallest absolute Gasteiger partial charge is 0.221 e. The predicted octanol–water partition coefficient (Wildman–Crippen LogP) is 3.84. The first-order valence-electron chi connectivity index (χ1n) is 11.3. The van der Waals surface area contributed by atoms with Gasteiger partial charge < -0.3 is 20.7 Å². The zero-order chi connectivity index (χ0) is 20.4. The second-order valence-corrected chi connectivity index (χ2v) is 9.36. The van der Waals surface area contributed by atoms with Crippen molar-refractivity contribution in [3.8, 4) is 0 Å². The van der Waals surface area contributed by atoms with Gasteiger partial charge in [-0.1, -0.05) is 40.0 Å². The maximum Gasteiger partial charge on any atom is 0.221 e. The van der Waals surface area contributed by atoms with Crippen molar-refractivity contribution in [3.63, 3.8) is 0 Å². The minimum atomic E-state index is 0. The van der Waals surface area contributed by atoms with Crippen LogP contribution >= 0.6 is 24.0 Å². The highest BCUT2D eigenvalue weighted by Gasteiger charge is 2.35. The molecule has 2 unspecified atom stereocenters. The van der Waals surface area contributed by atoms with E-state index < -0.39 is 0 Å². The number of ether oxygens (including phenoxy) is 1. The van der Waals surface area contributed by atoms with Gasteiger partial charge in [0.15, 0.2) is 5.96 Å². The van der Waals surface area contributed by atoms with Gasteiger partial charge >= 0.3 is 0 Å². The van der Waals surface area contributed by atoms with Gasteiger partial charge in [-0.05, 0) is 38.0 Å². The zero-order valence-electron chi connectivity index (χ0n) is 18.9. The summed E-state index contributed by atoms with van der Waals surface area (Å²) in [7, 11) is 0. The molecule has 1 amide bonds. The minimum Gasteiger partial charge on any atom is -0.377 e. The van der Waals surface area contributed by atoms with Crippen LogP contribution in [0.15, 0.2) is 4.99 Å². The van der Waals surface area contributed by atoms with Crippen molar-refractivity contribution in [1.29, 1.82) is 0 Å². The molecule has 0 bridgehead atoms. The Morgan fingerprint density at radius 3 is 2.45 bits per heavy atom. The summed E-state index contributed by atoms with van der Waals surface area (Å²) >= 11 is 0. The van der Waals surface area contributed by atoms with E-state index in [0.29, 0.717) is 24.9 Å². The molecule has 6 nitrogen and oxygen atoms in total. The molecule has 1 aliphatic heterocycles. The summed E-state index contributed by atoms with van der Waals surface area (Å²) in [5.41, 5.74) is 0.129. The molecule has 170 valence electrons. The molecule has 1 aliphatic carbocycles. The van der Waals surface area contributed by atoms with Crippen LogP contribution in [0.3, 0.4) is 0 Å². The number of nitrogens with one attached hydrogen (secondary N) is 3. The van der Waals surface area contributed by atoms with Crippen LogP contribution in [0.2, 0.25) is 0 Å². The normalized spacial score (nSPS) is 23.8. The number of nitrogens with zero attached hydrogens (tertiary/aromatic N) is 1. The lowest BCUT2D eigenvalue weighted by Crippen LogP contribution is -2.43. The van der Waals surface area contributed by atoms with Gasteiger partial charge in [-0.3, -0.25) is 9.79 Å². The number of hydrogen-bond donors (Lipinski definition) is 3. The summed E-state index contributed by atoms with van der Waals surface area (Å²) in [4.78, 5) is 17.0. The Bertz CT molecular complexity index is 502. The third-order valence-electron chi connectivity index (χ3n) is 5.74. The Labute approximate surface area is 194 Å². The van der Waals surface area contributed by atoms with E-state index in [1.807, 2.05) is 0 Å². The van der Waals surface area contributed by atoms with Gasteiger partial charge in [-0.25, -0.2) is 0 Å². The van der Waals surface area contributed by atoms with Crippen LogP contribution in [0.5, 0.6) is 0 Å². The average molecular weight is 523 g/mol. The van der Waals surface area contributed by atoms with Gasteiger partial charge in [0.1, 0.15) is 0 Å². The molecule has 1 heterocycles. The molecule has 0 radical (unpaired) electrons. The molecular formula is C22H43IN4O2. The van der Waals surface area contributed by atoms with Crippen molar-refractivity contribution in [2.75, 3.05) is 26.2 Å². The molecule has 29 heavy (non-hydrogen) atoms. The van der Waals surface area contributed by atoms with Gasteiger partial charge in [0.2, 0.25) is 5.91 Å². The van der Waals surface area contributed by atoms with Crippen LogP contribution in [0.25, 0.3) is 0 Å². The van der Waals surface area contributed by atoms with Crippen LogP contribution in [-0.4, -0.2) is 50.3 Å². The summed E-state index contributed by atoms with van der Waals surface area (Å²) < 4.78 is 6.07. The summed E-state index contributed by atoms with van der Waals surface area (Å²) in [5.74, 6) is 1.38. The third-order valence-corrected chi connectivity index (χ3v) is 5.74. The lowest BCUT2D eigenvalue weighted by atomic mass is 9.78. The van der Waals surface area contributed by atoms with Crippen LogP contribution in [0, 0.1) is 11.3 Å². The fourth-order valence-electron chi connectivity index (χ4n) is 4.38. The summed E-state index contributed by atoms with van der Waals surface area (Å²) in [5, 5.41) is 9.79. The molecule has 2 rings (SSSR count). The molecular weight excluding hydrogens is 479 g/mol. The summed E-state index contributed by atoms with van der Waals surface area (Å²) in [6.07, 6.45) is 9.03. The van der Waals surface area contributed by atoms with E-state index in [-0.39, 0.29) is 41.4 Å². The number of carbonyl (C=O) groups is 1. The quantitative estimate of drug-likeness (QED) is 0.270. The van der Waals surface area contributed by atoms with Crippen LogP contribution in [0.4, 0.5) is 0 Å². The molecule has 1 saturated carbocycles. The van der Waals surface area contributed by atoms with Crippen LogP contribution in [0.1, 0.15) is 79.1 Å². The number of halogens is 1. The van der Waals surface area contributed by atoms with Gasteiger partial charge in [-0.15, -0.1) is 24.0 Å². The standard InChI is InChI=1S/C22H42N4O2.HI/c1-5-23-21(24-14-13-19(27)26-18-11-7-6-8-12-18)25-16-17-10-9-15-28-20(17)22(2,3)4;/h17-18,20H,5-16H2,1-4H3,(H,26,27)(H2,23,24,25);1H. The molecule has 2 atom stereocenters. The monoisotopic (exact) mass is 522 g/mol. The van der Waals surface area contributed by atoms with Crippen molar-refractivity contribution in [2.24, 2.45) is 16.3 Å². The lowest BCUT2D eigenvalue weighted by Gasteiger charge is -2.39. The first kappa shape index (κ1) is 26.5. The van der Waals surface area contributed by atoms with E-state index in [9.17, 15) is 4.79 Å². The molecule has 0 spiro atoms. The van der Waals surface area contributed by atoms with E-state index in [0.717, 1.165) is 51.3 Å². The highest BCUT2D eigenvalue weighted by atomic mass is 127. The fraction of sp³-hybridized carbons (Fsp3) is 0.909. The van der Waals surface area contributed by atoms with E-state index in [1.54, 1.807) is 0 Å². The Kier molecular flexibility index (Phi) is 12.5. The summed E-state index contributed by atoms with van der Waals surface area (Å²) in [6, 6.07) is 0.379. The van der Waals surface area contributed by atoms with E-state index in [1.165, 1.54) is 19.3 Å². The molecule has 3 N–H and O–H groups in total. The van der Waals surface area contributed by atoms with Gasteiger partial charge in [0, 0.05) is 44.6 Å². The topological polar surface area (TPSA) is 74.8 Å². The van der Waals surface area contributed by atoms with Crippen molar-refractivity contribution in [2.45, 2.75) is 91.2 Å². The van der Waals surface area contributed by atoms with Crippen molar-refractivity contribution < 1.29 is 9.53 Å². The second kappa shape index (κ2) is 13.7. The van der Waals surface area contributed by atoms with Gasteiger partial charge in [-0.2, -0.15) is 0 Å². The van der Waals surface area contributed by atoms with Gasteiger partial charge in [0.05, 0.1) is 6.10 Å². The van der Waals surface area contributed by atoms with Gasteiger partial charge in [0.25, 0.3) is 0 Å². The number of rotatable bonds is 7. The maximum atomic E-state index is 12.2. The molecule has 1 saturated heterocycles. The SMILES string of the molecule is CCNC(=NCC1CCCOC1C(C)(C)C)NCCC(=O)NC1CCCCC1.I. The highest BCUT2D eigenvalue weighted by molar-refractivity contribution is 14.0. The molecule has 2 fully saturated rings. The Morgan fingerprint density at radius 1 is 1.07 bits per heavy atom. The number of guanidine groups is 1. The summed E-state index contributed by atoms with van der Waals surface area (Å²) in [6.45, 7) is 11.8. The van der Waals surface area contributed by atoms with E-state index in [2.05, 4.69) is 43.6 Å². The molecule has 0 aromatic rings. The molecule has 0 aromatic heterocycles. The Hall–Kier alpha value is -0.570. The van der Waals surface area contributed by atoms with Crippen molar-refractivity contribution in [3.05, 3.63) is 0 Å². The van der Waals surface area contributed by atoms with Crippen LogP contribution in [-0.2, 0) is 9.53 Å². The van der Waals surface area contributed by atoms with Crippen LogP contribution < -0.4 is 16.0 Å². The van der Waals surface area contributed by atoms with Crippen molar-refractivity contribution in [1.82, 2.24) is 16.0 Å². The number of carbonyl (C=O) groups excluding carboxylic acids is 1. The second-order valence-electron chi connectivity index (χ2n) is 9.36. The number of amides is 1. The lowest BCUT2D eigenvalue weighted by molar-refractivity contribution is -0.121. The van der Waals surface area contributed by atoms with Crippen molar-refractivity contribution >= 4 is 35.8 Å². The van der Waals surface area contributed by atoms with E-state index in [4.69, 9.17) is 9.73 Å². The predicted molar refractivity (Wildman–Crippen MR) is 131 cm³/mol. The fourth-order valence-corrected chi connectivity index (χ4v) is 4.38. The number of aliphatic imine (C=N–C) groups is 1. The third kappa shape index (κ3) is 9.85. The minimum absolute atomic E-state index is 0. The average Bonchev–Trinajstić information content (AvgIpc) is 2.66. The Balaban J connectivity index is 0.00000420. The number of hydrogen-bond acceptors (Lipinski definition) is 3. The largest absolute Gasteiger partial charge is 0.377 e. The zero-order valence-corrected chi connectivity index (χ0v) is 21.2. The molecule has 2 aliphatic rings.